The van der Waals surface area contributed by atoms with Crippen LogP contribution in [0.25, 0.3) is 22.2 Å². The Bertz CT molecular complexity index is 1440. The van der Waals surface area contributed by atoms with E-state index in [1.54, 1.807) is 55.9 Å². The molecule has 4 rings (SSSR count). The number of hydrogen-bond donors (Lipinski definition) is 1. The highest BCUT2D eigenvalue weighted by atomic mass is 32.2. The normalized spacial score (nSPS) is 11.8. The molecule has 0 unspecified atom stereocenters. The molecule has 0 aliphatic rings. The van der Waals surface area contributed by atoms with Crippen molar-refractivity contribution in [1.82, 2.24) is 14.5 Å². The van der Waals surface area contributed by atoms with Gasteiger partial charge in [0.05, 0.1) is 23.1 Å². The molecule has 166 valence electrons. The molecule has 0 bridgehead atoms. The first kappa shape index (κ1) is 21.8. The third-order valence-corrected chi connectivity index (χ3v) is 7.14. The van der Waals surface area contributed by atoms with Gasteiger partial charge >= 0.3 is 0 Å². The summed E-state index contributed by atoms with van der Waals surface area (Å²) >= 11 is 0. The quantitative estimate of drug-likeness (QED) is 0.490. The molecule has 0 saturated heterocycles. The van der Waals surface area contributed by atoms with Crippen molar-refractivity contribution < 1.29 is 17.5 Å². The largest absolute Gasteiger partial charge is 0.496 e. The van der Waals surface area contributed by atoms with E-state index in [9.17, 15) is 8.42 Å². The number of nitrogens with zero attached hydrogens (tertiary/aromatic N) is 3. The first-order valence-corrected chi connectivity index (χ1v) is 11.5. The van der Waals surface area contributed by atoms with Crippen molar-refractivity contribution in [2.75, 3.05) is 12.8 Å². The average Bonchev–Trinajstić information content (AvgIpc) is 3.07. The number of ether oxygens (including phenoxy) is 1. The fourth-order valence-corrected chi connectivity index (χ4v) is 5.55. The number of rotatable bonds is 5. The van der Waals surface area contributed by atoms with Gasteiger partial charge in [-0.1, -0.05) is 18.2 Å². The van der Waals surface area contributed by atoms with Gasteiger partial charge in [-0.3, -0.25) is 0 Å². The van der Waals surface area contributed by atoms with Crippen LogP contribution in [-0.2, 0) is 22.6 Å². The summed E-state index contributed by atoms with van der Waals surface area (Å²) in [4.78, 5) is 8.35. The zero-order chi connectivity index (χ0) is 23.2. The van der Waals surface area contributed by atoms with Crippen LogP contribution in [0.1, 0.15) is 16.7 Å². The molecule has 0 radical (unpaired) electrons. The minimum absolute atomic E-state index is 0.0704. The Morgan fingerprint density at radius 3 is 2.47 bits per heavy atom. The lowest BCUT2D eigenvalue weighted by Gasteiger charge is -2.13. The number of fused-ring (bicyclic) bond motifs is 1. The van der Waals surface area contributed by atoms with Gasteiger partial charge in [-0.15, -0.1) is 0 Å². The van der Waals surface area contributed by atoms with Crippen LogP contribution < -0.4 is 10.5 Å². The van der Waals surface area contributed by atoms with E-state index < -0.39 is 21.4 Å². The first-order chi connectivity index (χ1) is 15.1. The SMILES string of the molecule is COc1c(C)cc(S(=O)(=O)Cc2cccc(-c3cn(C)c4ncnc(N)c34)c2F)cc1C. The van der Waals surface area contributed by atoms with Crippen LogP contribution in [0.3, 0.4) is 0 Å². The molecule has 0 aliphatic heterocycles. The maximum absolute atomic E-state index is 15.6. The second-order valence-electron chi connectivity index (χ2n) is 7.74. The summed E-state index contributed by atoms with van der Waals surface area (Å²) in [5, 5.41) is 0.523. The smallest absolute Gasteiger partial charge is 0.182 e. The zero-order valence-electron chi connectivity index (χ0n) is 18.2. The van der Waals surface area contributed by atoms with Gasteiger partial charge in [0.1, 0.15) is 29.4 Å². The Morgan fingerprint density at radius 2 is 1.81 bits per heavy atom. The predicted octanol–water partition coefficient (Wildman–Crippen LogP) is 3.96. The minimum atomic E-state index is -3.80. The Morgan fingerprint density at radius 1 is 1.12 bits per heavy atom. The van der Waals surface area contributed by atoms with Crippen LogP contribution >= 0.6 is 0 Å². The van der Waals surface area contributed by atoms with Gasteiger partial charge in [0.15, 0.2) is 9.84 Å². The molecular weight excluding hydrogens is 431 g/mol. The second kappa shape index (κ2) is 7.90. The molecular formula is C23H23FN4O3S. The number of anilines is 1. The zero-order valence-corrected chi connectivity index (χ0v) is 19.0. The second-order valence-corrected chi connectivity index (χ2v) is 9.73. The van der Waals surface area contributed by atoms with Crippen molar-refractivity contribution in [1.29, 1.82) is 0 Å². The lowest BCUT2D eigenvalue weighted by molar-refractivity contribution is 0.408. The van der Waals surface area contributed by atoms with Crippen LogP contribution in [0.2, 0.25) is 0 Å². The fourth-order valence-electron chi connectivity index (χ4n) is 4.04. The van der Waals surface area contributed by atoms with Crippen LogP contribution in [0.5, 0.6) is 5.75 Å². The minimum Gasteiger partial charge on any atom is -0.496 e. The number of aromatic nitrogens is 3. The number of hydrogen-bond acceptors (Lipinski definition) is 6. The van der Waals surface area contributed by atoms with Gasteiger partial charge in [-0.2, -0.15) is 0 Å². The summed E-state index contributed by atoms with van der Waals surface area (Å²) in [5.74, 6) is -0.233. The Balaban J connectivity index is 1.79. The number of halogens is 1. The molecule has 9 heteroatoms. The van der Waals surface area contributed by atoms with Gasteiger partial charge in [0.25, 0.3) is 0 Å². The highest BCUT2D eigenvalue weighted by Gasteiger charge is 2.23. The summed E-state index contributed by atoms with van der Waals surface area (Å²) in [5.41, 5.74) is 8.82. The van der Waals surface area contributed by atoms with E-state index in [-0.39, 0.29) is 21.8 Å². The number of nitrogen functional groups attached to an aromatic ring is 1. The van der Waals surface area contributed by atoms with E-state index in [2.05, 4.69) is 9.97 Å². The number of sulfone groups is 1. The van der Waals surface area contributed by atoms with Crippen molar-refractivity contribution in [2.45, 2.75) is 24.5 Å². The number of methoxy groups -OCH3 is 1. The fraction of sp³-hybridized carbons (Fsp3) is 0.217. The molecule has 0 saturated carbocycles. The van der Waals surface area contributed by atoms with E-state index in [4.69, 9.17) is 10.5 Å². The van der Waals surface area contributed by atoms with E-state index in [0.29, 0.717) is 33.5 Å². The van der Waals surface area contributed by atoms with Crippen LogP contribution in [0.4, 0.5) is 10.2 Å². The Hall–Kier alpha value is -3.46. The van der Waals surface area contributed by atoms with Crippen LogP contribution in [0.15, 0.2) is 47.8 Å². The number of nitrogens with two attached hydrogens (primary N) is 1. The van der Waals surface area contributed by atoms with Gasteiger partial charge in [-0.25, -0.2) is 22.8 Å². The molecule has 0 amide bonds. The van der Waals surface area contributed by atoms with Gasteiger partial charge < -0.3 is 15.0 Å². The van der Waals surface area contributed by atoms with Crippen molar-refractivity contribution in [3.8, 4) is 16.9 Å². The lowest BCUT2D eigenvalue weighted by Crippen LogP contribution is -2.08. The predicted molar refractivity (Wildman–Crippen MR) is 122 cm³/mol. The topological polar surface area (TPSA) is 100 Å². The number of aryl methyl sites for hydroxylation is 3. The third kappa shape index (κ3) is 3.58. The maximum atomic E-state index is 15.6. The summed E-state index contributed by atoms with van der Waals surface area (Å²) in [6, 6.07) is 7.79. The summed E-state index contributed by atoms with van der Waals surface area (Å²) in [6.45, 7) is 3.55. The molecule has 4 aromatic rings. The third-order valence-electron chi connectivity index (χ3n) is 5.49. The Labute approximate surface area is 185 Å². The summed E-state index contributed by atoms with van der Waals surface area (Å²) in [6.07, 6.45) is 3.06. The molecule has 7 nitrogen and oxygen atoms in total. The van der Waals surface area contributed by atoms with Crippen molar-refractivity contribution in [2.24, 2.45) is 7.05 Å². The van der Waals surface area contributed by atoms with Crippen molar-refractivity contribution in [3.63, 3.8) is 0 Å². The van der Waals surface area contributed by atoms with E-state index in [0.717, 1.165) is 0 Å². The molecule has 2 aromatic heterocycles. The van der Waals surface area contributed by atoms with Gasteiger partial charge in [0.2, 0.25) is 0 Å². The first-order valence-electron chi connectivity index (χ1n) is 9.85. The summed E-state index contributed by atoms with van der Waals surface area (Å²) in [7, 11) is -0.487. The molecule has 0 fully saturated rings. The standard InChI is InChI=1S/C23H23FN4O3S/c1-13-8-16(9-14(2)21(13)31-4)32(29,30)11-15-6-5-7-17(20(15)24)18-10-28(3)23-19(18)22(25)26-12-27-23/h5-10,12H,11H2,1-4H3,(H2,25,26,27). The average molecular weight is 455 g/mol. The van der Waals surface area contributed by atoms with E-state index >= 15 is 4.39 Å². The molecule has 2 heterocycles. The van der Waals surface area contributed by atoms with E-state index in [1.807, 2.05) is 0 Å². The molecule has 32 heavy (non-hydrogen) atoms. The molecule has 0 aliphatic carbocycles. The van der Waals surface area contributed by atoms with Crippen molar-refractivity contribution >= 4 is 26.7 Å². The highest BCUT2D eigenvalue weighted by Crippen LogP contribution is 2.35. The van der Waals surface area contributed by atoms with Crippen molar-refractivity contribution in [3.05, 3.63) is 65.4 Å². The monoisotopic (exact) mass is 454 g/mol. The molecule has 2 aromatic carbocycles. The summed E-state index contributed by atoms with van der Waals surface area (Å²) < 4.78 is 48.9. The number of benzene rings is 2. The van der Waals surface area contributed by atoms with Crippen LogP contribution in [0, 0.1) is 19.7 Å². The lowest BCUT2D eigenvalue weighted by atomic mass is 10.0. The van der Waals surface area contributed by atoms with E-state index in [1.165, 1.54) is 19.5 Å². The Kier molecular flexibility index (Phi) is 5.37. The van der Waals surface area contributed by atoms with Gasteiger partial charge in [-0.05, 0) is 37.1 Å². The highest BCUT2D eigenvalue weighted by molar-refractivity contribution is 7.90. The molecule has 2 N–H and O–H groups in total. The van der Waals surface area contributed by atoms with Gasteiger partial charge in [0, 0.05) is 29.9 Å². The molecule has 0 spiro atoms. The van der Waals surface area contributed by atoms with Crippen LogP contribution in [-0.4, -0.2) is 30.1 Å². The molecule has 0 atom stereocenters. The maximum Gasteiger partial charge on any atom is 0.182 e.